The topological polar surface area (TPSA) is 32.3 Å². The summed E-state index contributed by atoms with van der Waals surface area (Å²) in [5, 5.41) is 3.94. The van der Waals surface area contributed by atoms with Gasteiger partial charge in [0.25, 0.3) is 0 Å². The molecule has 1 saturated heterocycles. The molecule has 0 spiro atoms. The van der Waals surface area contributed by atoms with Crippen molar-refractivity contribution >= 4 is 35.0 Å². The van der Waals surface area contributed by atoms with Crippen LogP contribution in [0.1, 0.15) is 25.3 Å². The highest BCUT2D eigenvalue weighted by Crippen LogP contribution is 2.28. The fourth-order valence-electron chi connectivity index (χ4n) is 3.37. The second kappa shape index (κ2) is 9.45. The van der Waals surface area contributed by atoms with E-state index in [1.54, 1.807) is 11.8 Å². The Morgan fingerprint density at radius 3 is 2.81 bits per heavy atom. The van der Waals surface area contributed by atoms with Gasteiger partial charge in [-0.15, -0.1) is 11.8 Å². The van der Waals surface area contributed by atoms with Gasteiger partial charge in [-0.05, 0) is 48.9 Å². The number of hydrogen-bond donors (Lipinski definition) is 1. The summed E-state index contributed by atoms with van der Waals surface area (Å²) in [7, 11) is 0. The Labute approximate surface area is 165 Å². The summed E-state index contributed by atoms with van der Waals surface area (Å²) in [6.45, 7) is 4.71. The Morgan fingerprint density at radius 2 is 2.00 bits per heavy atom. The van der Waals surface area contributed by atoms with Crippen LogP contribution in [-0.2, 0) is 11.3 Å². The van der Waals surface area contributed by atoms with Gasteiger partial charge >= 0.3 is 0 Å². The zero-order chi connectivity index (χ0) is 18.4. The first-order valence-corrected chi connectivity index (χ1v) is 10.5. The van der Waals surface area contributed by atoms with E-state index in [-0.39, 0.29) is 11.8 Å². The number of nitrogens with one attached hydrogen (secondary N) is 1. The van der Waals surface area contributed by atoms with Crippen molar-refractivity contribution in [3.05, 3.63) is 59.1 Å². The van der Waals surface area contributed by atoms with Crippen LogP contribution >= 0.6 is 23.4 Å². The molecule has 1 aliphatic rings. The molecule has 1 N–H and O–H groups in total. The third kappa shape index (κ3) is 5.03. The Hall–Kier alpha value is -1.49. The molecule has 2 aromatic rings. The number of rotatable bonds is 6. The molecule has 0 saturated carbocycles. The molecule has 3 rings (SSSR count). The van der Waals surface area contributed by atoms with Crippen LogP contribution in [0.25, 0.3) is 0 Å². The van der Waals surface area contributed by atoms with Crippen molar-refractivity contribution < 1.29 is 4.79 Å². The molecule has 0 aromatic heterocycles. The molecule has 0 bridgehead atoms. The first-order valence-electron chi connectivity index (χ1n) is 9.16. The Morgan fingerprint density at radius 1 is 1.23 bits per heavy atom. The minimum atomic E-state index is 0.0194. The van der Waals surface area contributed by atoms with E-state index in [0.29, 0.717) is 0 Å². The number of carbonyl (C=O) groups excluding carboxylic acids is 1. The first kappa shape index (κ1) is 19.3. The van der Waals surface area contributed by atoms with E-state index in [1.165, 1.54) is 0 Å². The van der Waals surface area contributed by atoms with Gasteiger partial charge in [-0.25, -0.2) is 0 Å². The summed E-state index contributed by atoms with van der Waals surface area (Å²) in [6, 6.07) is 16.0. The molecule has 0 aliphatic carbocycles. The lowest BCUT2D eigenvalue weighted by atomic mass is 9.96. The average Bonchev–Trinajstić information content (AvgIpc) is 2.66. The van der Waals surface area contributed by atoms with E-state index in [1.807, 2.05) is 36.4 Å². The highest BCUT2D eigenvalue weighted by Gasteiger charge is 2.26. The van der Waals surface area contributed by atoms with Gasteiger partial charge in [0.05, 0.1) is 11.6 Å². The van der Waals surface area contributed by atoms with E-state index in [4.69, 9.17) is 11.6 Å². The van der Waals surface area contributed by atoms with Gasteiger partial charge in [-0.2, -0.15) is 0 Å². The first-order chi connectivity index (χ1) is 12.7. The summed E-state index contributed by atoms with van der Waals surface area (Å²) in [6.07, 6.45) is 1.97. The molecule has 1 unspecified atom stereocenters. The van der Waals surface area contributed by atoms with Gasteiger partial charge in [0.15, 0.2) is 0 Å². The van der Waals surface area contributed by atoms with Gasteiger partial charge in [0.1, 0.15) is 0 Å². The number of anilines is 1. The maximum absolute atomic E-state index is 12.8. The molecule has 138 valence electrons. The van der Waals surface area contributed by atoms with Crippen molar-refractivity contribution in [1.82, 2.24) is 4.90 Å². The zero-order valence-electron chi connectivity index (χ0n) is 15.1. The molecule has 0 radical (unpaired) electrons. The van der Waals surface area contributed by atoms with E-state index in [9.17, 15) is 4.79 Å². The van der Waals surface area contributed by atoms with Gasteiger partial charge in [0.2, 0.25) is 5.91 Å². The molecule has 26 heavy (non-hydrogen) atoms. The van der Waals surface area contributed by atoms with Gasteiger partial charge in [0, 0.05) is 23.0 Å². The lowest BCUT2D eigenvalue weighted by Crippen LogP contribution is -2.40. The maximum Gasteiger partial charge on any atom is 0.228 e. The number of hydrogen-bond acceptors (Lipinski definition) is 3. The van der Waals surface area contributed by atoms with Crippen LogP contribution in [0.2, 0.25) is 5.02 Å². The summed E-state index contributed by atoms with van der Waals surface area (Å²) >= 11 is 8.04. The standard InChI is InChI=1S/C21H25ClN2OS/c1-2-26-20-12-6-5-11-19(20)23-21(25)17-9-7-13-24(15-17)14-16-8-3-4-10-18(16)22/h3-6,8,10-12,17H,2,7,9,13-15H2,1H3,(H,23,25). The fraction of sp³-hybridized carbons (Fsp3) is 0.381. The number of para-hydroxylation sites is 1. The second-order valence-electron chi connectivity index (χ2n) is 6.58. The number of thioether (sulfide) groups is 1. The number of carbonyl (C=O) groups is 1. The SMILES string of the molecule is CCSc1ccccc1NC(=O)C1CCCN(Cc2ccccc2Cl)C1. The van der Waals surface area contributed by atoms with Crippen molar-refractivity contribution in [2.45, 2.75) is 31.2 Å². The van der Waals surface area contributed by atoms with Gasteiger partial charge in [-0.3, -0.25) is 9.69 Å². The minimum absolute atomic E-state index is 0.0194. The largest absolute Gasteiger partial charge is 0.325 e. The monoisotopic (exact) mass is 388 g/mol. The number of nitrogens with zero attached hydrogens (tertiary/aromatic N) is 1. The average molecular weight is 389 g/mol. The summed E-state index contributed by atoms with van der Waals surface area (Å²) in [5.41, 5.74) is 2.05. The Kier molecular flexibility index (Phi) is 7.00. The third-order valence-electron chi connectivity index (χ3n) is 4.67. The molecule has 5 heteroatoms. The lowest BCUT2D eigenvalue weighted by molar-refractivity contribution is -0.121. The van der Waals surface area contributed by atoms with Crippen molar-refractivity contribution in [2.24, 2.45) is 5.92 Å². The molecule has 1 amide bonds. The smallest absolute Gasteiger partial charge is 0.228 e. The van der Waals surface area contributed by atoms with Crippen molar-refractivity contribution in [1.29, 1.82) is 0 Å². The predicted molar refractivity (Wildman–Crippen MR) is 111 cm³/mol. The van der Waals surface area contributed by atoms with E-state index < -0.39 is 0 Å². The van der Waals surface area contributed by atoms with E-state index >= 15 is 0 Å². The molecule has 3 nitrogen and oxygen atoms in total. The molecular weight excluding hydrogens is 364 g/mol. The second-order valence-corrected chi connectivity index (χ2v) is 8.30. The highest BCUT2D eigenvalue weighted by molar-refractivity contribution is 7.99. The van der Waals surface area contributed by atoms with Crippen LogP contribution in [-0.4, -0.2) is 29.6 Å². The molecule has 1 aliphatic heterocycles. The molecule has 1 heterocycles. The van der Waals surface area contributed by atoms with Gasteiger partial charge < -0.3 is 5.32 Å². The predicted octanol–water partition coefficient (Wildman–Crippen LogP) is 5.30. The summed E-state index contributed by atoms with van der Waals surface area (Å²) in [4.78, 5) is 16.3. The van der Waals surface area contributed by atoms with Crippen LogP contribution in [0.3, 0.4) is 0 Å². The van der Waals surface area contributed by atoms with Crippen LogP contribution in [0.4, 0.5) is 5.69 Å². The Bertz CT molecular complexity index is 752. The number of amides is 1. The van der Waals surface area contributed by atoms with E-state index in [0.717, 1.165) is 59.4 Å². The van der Waals surface area contributed by atoms with Crippen LogP contribution < -0.4 is 5.32 Å². The quantitative estimate of drug-likeness (QED) is 0.681. The maximum atomic E-state index is 12.8. The summed E-state index contributed by atoms with van der Waals surface area (Å²) in [5.74, 6) is 1.13. The van der Waals surface area contributed by atoms with Crippen molar-refractivity contribution in [3.8, 4) is 0 Å². The summed E-state index contributed by atoms with van der Waals surface area (Å²) < 4.78 is 0. The van der Waals surface area contributed by atoms with Crippen LogP contribution in [0, 0.1) is 5.92 Å². The minimum Gasteiger partial charge on any atom is -0.325 e. The molecule has 2 aromatic carbocycles. The molecule has 1 fully saturated rings. The van der Waals surface area contributed by atoms with Crippen molar-refractivity contribution in [3.63, 3.8) is 0 Å². The van der Waals surface area contributed by atoms with Crippen LogP contribution in [0.5, 0.6) is 0 Å². The Balaban J connectivity index is 1.62. The van der Waals surface area contributed by atoms with Gasteiger partial charge in [-0.1, -0.05) is 48.9 Å². The number of halogens is 1. The fourth-order valence-corrected chi connectivity index (χ4v) is 4.32. The number of piperidine rings is 1. The van der Waals surface area contributed by atoms with Crippen molar-refractivity contribution in [2.75, 3.05) is 24.2 Å². The molecule has 1 atom stereocenters. The highest BCUT2D eigenvalue weighted by atomic mass is 35.5. The zero-order valence-corrected chi connectivity index (χ0v) is 16.7. The third-order valence-corrected chi connectivity index (χ3v) is 6.00. The lowest BCUT2D eigenvalue weighted by Gasteiger charge is -2.32. The number of likely N-dealkylation sites (tertiary alicyclic amines) is 1. The number of benzene rings is 2. The van der Waals surface area contributed by atoms with E-state index in [2.05, 4.69) is 29.3 Å². The van der Waals surface area contributed by atoms with Crippen LogP contribution in [0.15, 0.2) is 53.4 Å². The normalized spacial score (nSPS) is 17.8. The molecular formula is C21H25ClN2OS.